The van der Waals surface area contributed by atoms with Crippen LogP contribution in [0.25, 0.3) is 0 Å². The van der Waals surface area contributed by atoms with Crippen molar-refractivity contribution in [2.24, 2.45) is 0 Å². The number of carboxylic acids is 1. The Hall–Kier alpha value is -5.44. The van der Waals surface area contributed by atoms with Crippen LogP contribution in [0.5, 0.6) is 0 Å². The minimum Gasteiger partial charge on any atom is -0.478 e. The van der Waals surface area contributed by atoms with E-state index >= 15 is 0 Å². The minimum absolute atomic E-state index is 0.00218. The van der Waals surface area contributed by atoms with E-state index < -0.39 is 40.7 Å². The fraction of sp³-hybridized carbons (Fsp3) is 0.103. The van der Waals surface area contributed by atoms with Gasteiger partial charge in [0.1, 0.15) is 40.5 Å². The molecule has 0 bridgehead atoms. The second kappa shape index (κ2) is 13.1. The van der Waals surface area contributed by atoms with Crippen molar-refractivity contribution in [2.75, 3.05) is 10.6 Å². The first-order valence-electron chi connectivity index (χ1n) is 11.8. The van der Waals surface area contributed by atoms with Gasteiger partial charge < -0.3 is 21.1 Å². The molecule has 2 aromatic carbocycles. The summed E-state index contributed by atoms with van der Waals surface area (Å²) in [5.74, 6) is -1.50. The van der Waals surface area contributed by atoms with Crippen LogP contribution in [0.15, 0.2) is 73.1 Å². The van der Waals surface area contributed by atoms with E-state index in [0.717, 1.165) is 24.5 Å². The van der Waals surface area contributed by atoms with Gasteiger partial charge >= 0.3 is 5.97 Å². The molecule has 0 aliphatic heterocycles. The van der Waals surface area contributed by atoms with Gasteiger partial charge in [-0.3, -0.25) is 4.79 Å². The number of carboxylic acid groups (broad SMARTS) is 1. The average Bonchev–Trinajstić information content (AvgIpc) is 2.93. The summed E-state index contributed by atoms with van der Waals surface area (Å²) >= 11 is 0. The Morgan fingerprint density at radius 1 is 0.756 bits per heavy atom. The Morgan fingerprint density at radius 2 is 1.17 bits per heavy atom. The smallest absolute Gasteiger partial charge is 0.339 e. The second-order valence-electron chi connectivity index (χ2n) is 8.89. The number of carbonyl (C=O) groups is 2. The predicted molar refractivity (Wildman–Crippen MR) is 145 cm³/mol. The number of pyridine rings is 2. The molecule has 0 aliphatic rings. The molecule has 0 aliphatic carbocycles. The van der Waals surface area contributed by atoms with Gasteiger partial charge in [-0.25, -0.2) is 32.3 Å². The van der Waals surface area contributed by atoms with Crippen LogP contribution in [0, 0.1) is 35.6 Å². The molecule has 0 unspecified atom stereocenters. The van der Waals surface area contributed by atoms with Crippen molar-refractivity contribution in [2.45, 2.75) is 19.4 Å². The van der Waals surface area contributed by atoms with E-state index in [1.54, 1.807) is 13.8 Å². The number of nitrogens with one attached hydrogen (secondary N) is 3. The number of hydrogen-bond donors (Lipinski definition) is 4. The molecule has 2 heterocycles. The molecule has 4 aromatic rings. The van der Waals surface area contributed by atoms with Gasteiger partial charge in [0.15, 0.2) is 0 Å². The Labute approximate surface area is 232 Å². The highest BCUT2D eigenvalue weighted by Gasteiger charge is 2.21. The van der Waals surface area contributed by atoms with Crippen LogP contribution in [-0.4, -0.2) is 32.5 Å². The number of benzene rings is 2. The molecule has 12 heteroatoms. The van der Waals surface area contributed by atoms with Gasteiger partial charge in [-0.15, -0.1) is 6.42 Å². The summed E-state index contributed by atoms with van der Waals surface area (Å²) < 4.78 is 52.0. The minimum atomic E-state index is -1.30. The summed E-state index contributed by atoms with van der Waals surface area (Å²) in [6.45, 7) is 3.29. The highest BCUT2D eigenvalue weighted by atomic mass is 19.1. The molecular formula is C29H23F4N5O3. The molecule has 0 spiro atoms. The lowest BCUT2D eigenvalue weighted by Gasteiger charge is -2.20. The van der Waals surface area contributed by atoms with Crippen LogP contribution < -0.4 is 16.0 Å². The number of nitrogens with zero attached hydrogens (tertiary/aromatic N) is 2. The zero-order valence-corrected chi connectivity index (χ0v) is 21.7. The standard InChI is InChI=1S/C17H15F2N3O.C12H8F2N2O2/c1-4-17(2,3)22-16(23)14-9-12(19)10-20-15(14)21-13-7-5-11(18)6-8-13;13-7-1-3-9(4-2-7)16-11-10(12(17)18)5-8(14)6-15-11/h1,5-10H,2-3H3,(H,20,21)(H,22,23);1-6H,(H,15,16)(H,17,18). The summed E-state index contributed by atoms with van der Waals surface area (Å²) in [6.07, 6.45) is 7.21. The van der Waals surface area contributed by atoms with E-state index in [0.29, 0.717) is 11.4 Å². The van der Waals surface area contributed by atoms with Gasteiger partial charge in [-0.1, -0.05) is 5.92 Å². The number of halogens is 4. The molecule has 41 heavy (non-hydrogen) atoms. The number of anilines is 4. The Bertz CT molecular complexity index is 1590. The van der Waals surface area contributed by atoms with Gasteiger partial charge in [0.2, 0.25) is 0 Å². The van der Waals surface area contributed by atoms with Crippen LogP contribution in [0.1, 0.15) is 34.6 Å². The quantitative estimate of drug-likeness (QED) is 0.159. The molecule has 0 saturated carbocycles. The van der Waals surface area contributed by atoms with Crippen molar-refractivity contribution < 1.29 is 32.3 Å². The predicted octanol–water partition coefficient (Wildman–Crippen LogP) is 6.05. The van der Waals surface area contributed by atoms with Crippen LogP contribution in [-0.2, 0) is 0 Å². The van der Waals surface area contributed by atoms with Gasteiger partial charge in [0.25, 0.3) is 5.91 Å². The summed E-state index contributed by atoms with van der Waals surface area (Å²) in [5.41, 5.74) is -0.220. The van der Waals surface area contributed by atoms with Crippen LogP contribution in [0.2, 0.25) is 0 Å². The number of aromatic carboxylic acids is 1. The lowest BCUT2D eigenvalue weighted by atomic mass is 10.1. The number of terminal acetylenes is 1. The first kappa shape index (κ1) is 30.1. The molecule has 0 saturated heterocycles. The van der Waals surface area contributed by atoms with E-state index in [2.05, 4.69) is 31.8 Å². The summed E-state index contributed by atoms with van der Waals surface area (Å²) in [7, 11) is 0. The number of aromatic nitrogens is 2. The highest BCUT2D eigenvalue weighted by Crippen LogP contribution is 2.21. The normalized spacial score (nSPS) is 10.5. The Balaban J connectivity index is 0.000000232. The highest BCUT2D eigenvalue weighted by molar-refractivity contribution is 6.00. The van der Waals surface area contributed by atoms with Crippen LogP contribution in [0.3, 0.4) is 0 Å². The molecular weight excluding hydrogens is 542 g/mol. The number of hydrogen-bond acceptors (Lipinski definition) is 6. The SMILES string of the molecule is C#CC(C)(C)NC(=O)c1cc(F)cnc1Nc1ccc(F)cc1.O=C(O)c1cc(F)cnc1Nc1ccc(F)cc1. The molecule has 0 atom stereocenters. The molecule has 4 N–H and O–H groups in total. The van der Waals surface area contributed by atoms with Crippen molar-refractivity contribution in [1.29, 1.82) is 0 Å². The maximum absolute atomic E-state index is 13.5. The third kappa shape index (κ3) is 8.79. The summed E-state index contributed by atoms with van der Waals surface area (Å²) in [4.78, 5) is 30.8. The number of rotatable bonds is 7. The van der Waals surface area contributed by atoms with E-state index in [9.17, 15) is 27.2 Å². The van der Waals surface area contributed by atoms with Gasteiger partial charge in [-0.05, 0) is 74.5 Å². The number of amides is 1. The summed E-state index contributed by atoms with van der Waals surface area (Å²) in [6, 6.07) is 12.7. The second-order valence-corrected chi connectivity index (χ2v) is 8.89. The van der Waals surface area contributed by atoms with E-state index in [4.69, 9.17) is 11.5 Å². The first-order chi connectivity index (χ1) is 19.4. The van der Waals surface area contributed by atoms with Crippen molar-refractivity contribution >= 4 is 34.9 Å². The van der Waals surface area contributed by atoms with E-state index in [1.807, 2.05) is 0 Å². The molecule has 4 rings (SSSR count). The lowest BCUT2D eigenvalue weighted by Crippen LogP contribution is -2.42. The molecule has 8 nitrogen and oxygen atoms in total. The number of carbonyl (C=O) groups excluding carboxylic acids is 1. The largest absolute Gasteiger partial charge is 0.478 e. The van der Waals surface area contributed by atoms with Crippen LogP contribution >= 0.6 is 0 Å². The maximum Gasteiger partial charge on any atom is 0.339 e. The van der Waals surface area contributed by atoms with Gasteiger partial charge in [0.05, 0.1) is 23.5 Å². The van der Waals surface area contributed by atoms with Crippen molar-refractivity contribution in [3.05, 3.63) is 107 Å². The fourth-order valence-electron chi connectivity index (χ4n) is 3.14. The average molecular weight is 566 g/mol. The third-order valence-electron chi connectivity index (χ3n) is 5.18. The van der Waals surface area contributed by atoms with Gasteiger partial charge in [0, 0.05) is 11.4 Å². The first-order valence-corrected chi connectivity index (χ1v) is 11.8. The Kier molecular flexibility index (Phi) is 9.60. The molecule has 0 fully saturated rings. The Morgan fingerprint density at radius 3 is 1.59 bits per heavy atom. The zero-order valence-electron chi connectivity index (χ0n) is 21.7. The molecule has 0 radical (unpaired) electrons. The van der Waals surface area contributed by atoms with Crippen molar-refractivity contribution in [3.63, 3.8) is 0 Å². The topological polar surface area (TPSA) is 116 Å². The zero-order chi connectivity index (χ0) is 30.2. The molecule has 210 valence electrons. The van der Waals surface area contributed by atoms with E-state index in [-0.39, 0.29) is 22.8 Å². The third-order valence-corrected chi connectivity index (χ3v) is 5.18. The van der Waals surface area contributed by atoms with Gasteiger partial charge in [-0.2, -0.15) is 0 Å². The fourth-order valence-corrected chi connectivity index (χ4v) is 3.14. The molecule has 2 aromatic heterocycles. The maximum atomic E-state index is 13.5. The van der Waals surface area contributed by atoms with Crippen LogP contribution in [0.4, 0.5) is 40.6 Å². The monoisotopic (exact) mass is 565 g/mol. The molecule has 1 amide bonds. The summed E-state index contributed by atoms with van der Waals surface area (Å²) in [5, 5.41) is 17.0. The lowest BCUT2D eigenvalue weighted by molar-refractivity contribution is 0.0696. The van der Waals surface area contributed by atoms with E-state index in [1.165, 1.54) is 48.5 Å². The van der Waals surface area contributed by atoms with Crippen molar-refractivity contribution in [1.82, 2.24) is 15.3 Å². The van der Waals surface area contributed by atoms with Crippen molar-refractivity contribution in [3.8, 4) is 12.3 Å².